The second-order valence-corrected chi connectivity index (χ2v) is 5.56. The smallest absolute Gasteiger partial charge is 0.270 e. The predicted molar refractivity (Wildman–Crippen MR) is 91.9 cm³/mol. The van der Waals surface area contributed by atoms with Gasteiger partial charge in [-0.05, 0) is 18.9 Å². The first-order valence-corrected chi connectivity index (χ1v) is 8.05. The number of ketones is 2. The summed E-state index contributed by atoms with van der Waals surface area (Å²) >= 11 is 0. The van der Waals surface area contributed by atoms with Gasteiger partial charge in [0.1, 0.15) is 0 Å². The van der Waals surface area contributed by atoms with Gasteiger partial charge in [0.25, 0.3) is 5.91 Å². The highest BCUT2D eigenvalue weighted by Crippen LogP contribution is 2.28. The second kappa shape index (κ2) is 8.39. The summed E-state index contributed by atoms with van der Waals surface area (Å²) in [6, 6.07) is 6.57. The third kappa shape index (κ3) is 3.85. The summed E-state index contributed by atoms with van der Waals surface area (Å²) in [4.78, 5) is 42.3. The zero-order chi connectivity index (χ0) is 18.4. The van der Waals surface area contributed by atoms with Gasteiger partial charge in [-0.3, -0.25) is 19.2 Å². The molecule has 2 rings (SSSR count). The van der Waals surface area contributed by atoms with Crippen LogP contribution in [-0.2, 0) is 14.4 Å². The first kappa shape index (κ1) is 18.6. The quantitative estimate of drug-likeness (QED) is 0.608. The maximum absolute atomic E-state index is 12.8. The molecule has 1 aromatic rings. The summed E-state index contributed by atoms with van der Waals surface area (Å²) in [7, 11) is 2.67. The molecular formula is C19H21NO5. The molecule has 1 amide bonds. The number of benzene rings is 1. The lowest BCUT2D eigenvalue weighted by molar-refractivity contribution is -0.127. The standard InChI is InChI=1S/C19H21NO5/c1-4-5-8-12(19(23)20-25-3)11-15-16(21)13-9-6-7-10-14(13)17(22)18(15)24-2/h6-7,9-11H,4-5,8H2,1-3H3,(H,20,23)/b12-11+. The minimum absolute atomic E-state index is 0.0529. The number of amides is 1. The number of Topliss-reactive ketones (excluding diaryl/α,β-unsaturated/α-hetero) is 2. The number of hydrogen-bond acceptors (Lipinski definition) is 5. The number of carbonyl (C=O) groups excluding carboxylic acids is 3. The number of carbonyl (C=O) groups is 3. The highest BCUT2D eigenvalue weighted by atomic mass is 16.6. The molecule has 0 unspecified atom stereocenters. The molecule has 1 aromatic carbocycles. The number of ether oxygens (including phenoxy) is 1. The normalized spacial score (nSPS) is 14.4. The van der Waals surface area contributed by atoms with Gasteiger partial charge in [0.05, 0.1) is 19.8 Å². The topological polar surface area (TPSA) is 81.7 Å². The van der Waals surface area contributed by atoms with Crippen molar-refractivity contribution in [3.63, 3.8) is 0 Å². The molecular weight excluding hydrogens is 322 g/mol. The van der Waals surface area contributed by atoms with E-state index in [1.54, 1.807) is 24.3 Å². The van der Waals surface area contributed by atoms with E-state index in [0.29, 0.717) is 23.1 Å². The fourth-order valence-electron chi connectivity index (χ4n) is 2.66. The Hall–Kier alpha value is -2.73. The van der Waals surface area contributed by atoms with Crippen molar-refractivity contribution in [2.45, 2.75) is 26.2 Å². The van der Waals surface area contributed by atoms with Crippen LogP contribution in [0.3, 0.4) is 0 Å². The summed E-state index contributed by atoms with van der Waals surface area (Å²) in [6.45, 7) is 2.00. The van der Waals surface area contributed by atoms with E-state index in [4.69, 9.17) is 4.74 Å². The van der Waals surface area contributed by atoms with Crippen LogP contribution in [0.5, 0.6) is 0 Å². The summed E-state index contributed by atoms with van der Waals surface area (Å²) in [5.74, 6) is -1.21. The molecule has 1 aliphatic carbocycles. The second-order valence-electron chi connectivity index (χ2n) is 5.56. The average molecular weight is 343 g/mol. The van der Waals surface area contributed by atoms with Crippen molar-refractivity contribution in [2.75, 3.05) is 14.2 Å². The predicted octanol–water partition coefficient (Wildman–Crippen LogP) is 2.76. The summed E-state index contributed by atoms with van der Waals surface area (Å²) < 4.78 is 5.19. The van der Waals surface area contributed by atoms with Gasteiger partial charge in [-0.1, -0.05) is 37.6 Å². The molecule has 1 aliphatic rings. The van der Waals surface area contributed by atoms with E-state index in [-0.39, 0.29) is 22.9 Å². The number of hydrogen-bond donors (Lipinski definition) is 1. The lowest BCUT2D eigenvalue weighted by Gasteiger charge is -2.19. The van der Waals surface area contributed by atoms with Crippen molar-refractivity contribution in [3.05, 3.63) is 58.4 Å². The zero-order valence-corrected chi connectivity index (χ0v) is 14.5. The van der Waals surface area contributed by atoms with Crippen molar-refractivity contribution in [3.8, 4) is 0 Å². The van der Waals surface area contributed by atoms with E-state index >= 15 is 0 Å². The van der Waals surface area contributed by atoms with Gasteiger partial charge < -0.3 is 4.74 Å². The Morgan fingerprint density at radius 3 is 2.32 bits per heavy atom. The molecule has 1 N–H and O–H groups in total. The maximum atomic E-state index is 12.8. The Bertz CT molecular complexity index is 761. The van der Waals surface area contributed by atoms with Gasteiger partial charge in [-0.25, -0.2) is 5.48 Å². The number of rotatable bonds is 7. The maximum Gasteiger partial charge on any atom is 0.270 e. The van der Waals surface area contributed by atoms with Crippen LogP contribution in [-0.4, -0.2) is 31.7 Å². The molecule has 132 valence electrons. The van der Waals surface area contributed by atoms with Gasteiger partial charge in [-0.15, -0.1) is 0 Å². The highest BCUT2D eigenvalue weighted by molar-refractivity contribution is 6.27. The third-order valence-electron chi connectivity index (χ3n) is 3.92. The Balaban J connectivity index is 2.54. The molecule has 0 saturated heterocycles. The largest absolute Gasteiger partial charge is 0.492 e. The van der Waals surface area contributed by atoms with E-state index < -0.39 is 5.91 Å². The molecule has 0 heterocycles. The Labute approximate surface area is 146 Å². The fraction of sp³-hybridized carbons (Fsp3) is 0.316. The lowest BCUT2D eigenvalue weighted by atomic mass is 9.87. The van der Waals surface area contributed by atoms with E-state index in [1.165, 1.54) is 20.3 Å². The van der Waals surface area contributed by atoms with Crippen molar-refractivity contribution in [1.82, 2.24) is 5.48 Å². The molecule has 25 heavy (non-hydrogen) atoms. The average Bonchev–Trinajstić information content (AvgIpc) is 2.62. The Kier molecular flexibility index (Phi) is 6.25. The summed E-state index contributed by atoms with van der Waals surface area (Å²) in [6.07, 6.45) is 3.52. The van der Waals surface area contributed by atoms with Gasteiger partial charge in [0, 0.05) is 16.7 Å². The van der Waals surface area contributed by atoms with E-state index in [2.05, 4.69) is 10.3 Å². The molecule has 0 bridgehead atoms. The van der Waals surface area contributed by atoms with Crippen molar-refractivity contribution < 1.29 is 24.0 Å². The molecule has 0 aliphatic heterocycles. The van der Waals surface area contributed by atoms with Crippen LogP contribution in [0.4, 0.5) is 0 Å². The minimum Gasteiger partial charge on any atom is -0.492 e. The van der Waals surface area contributed by atoms with Crippen molar-refractivity contribution in [1.29, 1.82) is 0 Å². The van der Waals surface area contributed by atoms with Crippen LogP contribution in [0.25, 0.3) is 0 Å². The number of methoxy groups -OCH3 is 1. The Morgan fingerprint density at radius 2 is 1.76 bits per heavy atom. The molecule has 6 heteroatoms. The molecule has 0 spiro atoms. The van der Waals surface area contributed by atoms with Gasteiger partial charge in [0.15, 0.2) is 11.5 Å². The SMILES string of the molecule is CCCC/C(=C\C1=C(OC)C(=O)c2ccccc2C1=O)C(=O)NOC. The number of nitrogens with one attached hydrogen (secondary N) is 1. The monoisotopic (exact) mass is 343 g/mol. The van der Waals surface area contributed by atoms with Crippen LogP contribution in [0, 0.1) is 0 Å². The molecule has 0 atom stereocenters. The van der Waals surface area contributed by atoms with Crippen LogP contribution in [0.15, 0.2) is 47.2 Å². The molecule has 0 radical (unpaired) electrons. The fourth-order valence-corrected chi connectivity index (χ4v) is 2.66. The van der Waals surface area contributed by atoms with Crippen molar-refractivity contribution >= 4 is 17.5 Å². The van der Waals surface area contributed by atoms with Crippen LogP contribution in [0.2, 0.25) is 0 Å². The van der Waals surface area contributed by atoms with Crippen LogP contribution >= 0.6 is 0 Å². The highest BCUT2D eigenvalue weighted by Gasteiger charge is 2.32. The summed E-state index contributed by atoms with van der Waals surface area (Å²) in [5, 5.41) is 0. The third-order valence-corrected chi connectivity index (χ3v) is 3.92. The molecule has 6 nitrogen and oxygen atoms in total. The van der Waals surface area contributed by atoms with Crippen LogP contribution < -0.4 is 5.48 Å². The van der Waals surface area contributed by atoms with Gasteiger partial charge in [0.2, 0.25) is 5.78 Å². The summed E-state index contributed by atoms with van der Waals surface area (Å²) in [5.41, 5.74) is 3.31. The number of allylic oxidation sites excluding steroid dienone is 3. The minimum atomic E-state index is -0.446. The molecule has 0 fully saturated rings. The Morgan fingerprint density at radius 1 is 1.12 bits per heavy atom. The molecule has 0 saturated carbocycles. The van der Waals surface area contributed by atoms with E-state index in [9.17, 15) is 14.4 Å². The van der Waals surface area contributed by atoms with Gasteiger partial charge in [-0.2, -0.15) is 0 Å². The van der Waals surface area contributed by atoms with Crippen molar-refractivity contribution in [2.24, 2.45) is 0 Å². The number of hydroxylamine groups is 1. The van der Waals surface area contributed by atoms with E-state index in [1.807, 2.05) is 6.92 Å². The first-order chi connectivity index (χ1) is 12.0. The zero-order valence-electron chi connectivity index (χ0n) is 14.5. The molecule has 0 aromatic heterocycles. The van der Waals surface area contributed by atoms with Crippen LogP contribution in [0.1, 0.15) is 46.9 Å². The first-order valence-electron chi connectivity index (χ1n) is 8.05. The number of unbranched alkanes of at least 4 members (excludes halogenated alkanes) is 1. The number of fused-ring (bicyclic) bond motifs is 1. The van der Waals surface area contributed by atoms with E-state index in [0.717, 1.165) is 12.8 Å². The lowest BCUT2D eigenvalue weighted by Crippen LogP contribution is -2.26. The van der Waals surface area contributed by atoms with Gasteiger partial charge >= 0.3 is 0 Å².